The molecule has 0 bridgehead atoms. The normalized spacial score (nSPS) is 13.0. The van der Waals surface area contributed by atoms with Crippen LogP contribution in [-0.4, -0.2) is 44.4 Å². The highest BCUT2D eigenvalue weighted by Crippen LogP contribution is 2.36. The molecular weight excluding hydrogens is 675 g/mol. The quantitative estimate of drug-likeness (QED) is 0.241. The first kappa shape index (κ1) is 37.3. The Morgan fingerprint density at radius 3 is 1.54 bits per heavy atom. The second kappa shape index (κ2) is 17.2. The Labute approximate surface area is 238 Å². The second-order valence-electron chi connectivity index (χ2n) is 7.81. The Bertz CT molecular complexity index is 1050. The minimum Gasteiger partial charge on any atom is -0.481 e. The van der Waals surface area contributed by atoms with Crippen LogP contribution in [0.25, 0.3) is 0 Å². The van der Waals surface area contributed by atoms with E-state index in [4.69, 9.17) is 14.9 Å². The molecule has 3 rings (SSSR count). The number of carbonyl (C=O) groups is 1. The summed E-state index contributed by atoms with van der Waals surface area (Å²) in [5.74, 6) is -3.89. The summed E-state index contributed by atoms with van der Waals surface area (Å²) in [6.45, 7) is 1.81. The number of halogens is 10. The van der Waals surface area contributed by atoms with Gasteiger partial charge in [-0.2, -0.15) is 26.3 Å². The van der Waals surface area contributed by atoms with E-state index in [0.717, 1.165) is 19.3 Å². The van der Waals surface area contributed by atoms with Crippen molar-refractivity contribution in [3.05, 3.63) is 67.1 Å². The van der Waals surface area contributed by atoms with Crippen LogP contribution in [0.15, 0.2) is 33.2 Å². The molecule has 1 aliphatic heterocycles. The molecule has 2 aromatic carbocycles. The molecule has 3 radical (unpaired) electrons. The summed E-state index contributed by atoms with van der Waals surface area (Å²) in [6, 6.07) is 3.53. The van der Waals surface area contributed by atoms with Crippen LogP contribution in [0, 0.1) is 11.6 Å². The number of benzene rings is 2. The molecule has 0 atom stereocenters. The maximum absolute atomic E-state index is 13.5. The molecule has 0 saturated carbocycles. The minimum absolute atomic E-state index is 0. The van der Waals surface area contributed by atoms with E-state index in [2.05, 4.69) is 31.9 Å². The topological polar surface area (TPSA) is 66.8 Å². The molecule has 0 aliphatic carbocycles. The summed E-state index contributed by atoms with van der Waals surface area (Å²) in [6.07, 6.45) is -7.38. The van der Waals surface area contributed by atoms with E-state index < -0.39 is 47.5 Å². The van der Waals surface area contributed by atoms with Crippen LogP contribution < -0.4 is 0 Å². The van der Waals surface area contributed by atoms with Gasteiger partial charge in [-0.15, -0.1) is 0 Å². The zero-order valence-electron chi connectivity index (χ0n) is 20.2. The number of aliphatic hydroxyl groups is 1. The third-order valence-electron chi connectivity index (χ3n) is 4.98. The highest BCUT2D eigenvalue weighted by atomic mass is 79.9. The van der Waals surface area contributed by atoms with Gasteiger partial charge in [-0.05, 0) is 56.4 Å². The monoisotopic (exact) mass is 697 g/mol. The van der Waals surface area contributed by atoms with E-state index in [0.29, 0.717) is 12.1 Å². The lowest BCUT2D eigenvalue weighted by molar-refractivity contribution is -0.141. The predicted molar refractivity (Wildman–Crippen MR) is 135 cm³/mol. The van der Waals surface area contributed by atoms with Crippen LogP contribution in [0.4, 0.5) is 35.1 Å². The van der Waals surface area contributed by atoms with E-state index in [1.54, 1.807) is 0 Å². The van der Waals surface area contributed by atoms with Gasteiger partial charge in [0.25, 0.3) is 0 Å². The summed E-state index contributed by atoms with van der Waals surface area (Å²) in [5.41, 5.74) is -2.99. The molecule has 2 N–H and O–H groups in total. The van der Waals surface area contributed by atoms with Crippen LogP contribution >= 0.6 is 31.9 Å². The SMILES string of the molecule is C1CCOC1.O=C(O)CCc1c(Br)ccc(C(F)(F)F)c1F.OCCCc1c(Br)ccc(C(F)(F)F)c1F.[B]. The van der Waals surface area contributed by atoms with Crippen LogP contribution in [0.5, 0.6) is 0 Å². The van der Waals surface area contributed by atoms with E-state index in [-0.39, 0.29) is 54.4 Å². The van der Waals surface area contributed by atoms with Gasteiger partial charge in [0.2, 0.25) is 0 Å². The fourth-order valence-electron chi connectivity index (χ4n) is 3.09. The summed E-state index contributed by atoms with van der Waals surface area (Å²) < 4.78 is 107. The number of hydrogen-bond acceptors (Lipinski definition) is 3. The Morgan fingerprint density at radius 2 is 1.23 bits per heavy atom. The minimum atomic E-state index is -4.79. The standard InChI is InChI=1S/C10H7BrF4O2.C10H9BrF4O.C4H8O.B/c11-7-3-2-6(10(13,14)15)9(12)5(7)1-4-8(16)17;11-8-4-3-7(10(13,14)15)9(12)6(8)2-1-5-16;1-2-4-5-3-1;/h2-3H,1,4H2,(H,16,17);3-4,16H,1-2,5H2;1-4H2;. The number of alkyl halides is 6. The smallest absolute Gasteiger partial charge is 0.419 e. The first-order valence-corrected chi connectivity index (χ1v) is 12.7. The molecular formula is C24H24BBr2F8O4. The van der Waals surface area contributed by atoms with Crippen molar-refractivity contribution in [1.29, 1.82) is 0 Å². The van der Waals surface area contributed by atoms with E-state index in [1.807, 2.05) is 0 Å². The summed E-state index contributed by atoms with van der Waals surface area (Å²) in [5, 5.41) is 17.0. The maximum atomic E-state index is 13.5. The highest BCUT2D eigenvalue weighted by Gasteiger charge is 2.36. The third-order valence-corrected chi connectivity index (χ3v) is 6.47. The van der Waals surface area contributed by atoms with Crippen LogP contribution in [-0.2, 0) is 34.7 Å². The number of rotatable bonds is 6. The molecule has 0 aromatic heterocycles. The average Bonchev–Trinajstić information content (AvgIpc) is 3.37. The zero-order chi connectivity index (χ0) is 29.1. The van der Waals surface area contributed by atoms with Crippen molar-refractivity contribution in [3.63, 3.8) is 0 Å². The lowest BCUT2D eigenvalue weighted by Gasteiger charge is -2.12. The highest BCUT2D eigenvalue weighted by molar-refractivity contribution is 9.10. The van der Waals surface area contributed by atoms with Crippen molar-refractivity contribution in [2.45, 2.75) is 50.9 Å². The van der Waals surface area contributed by atoms with Gasteiger partial charge < -0.3 is 14.9 Å². The summed E-state index contributed by atoms with van der Waals surface area (Å²) >= 11 is 5.89. The number of carboxylic acid groups (broad SMARTS) is 1. The van der Waals surface area contributed by atoms with Gasteiger partial charge in [0, 0.05) is 54.7 Å². The zero-order valence-corrected chi connectivity index (χ0v) is 23.4. The van der Waals surface area contributed by atoms with Gasteiger partial charge in [-0.1, -0.05) is 31.9 Å². The van der Waals surface area contributed by atoms with Gasteiger partial charge in [0.05, 0.1) is 11.1 Å². The lowest BCUT2D eigenvalue weighted by atomic mass is 10.0. The van der Waals surface area contributed by atoms with Gasteiger partial charge in [0.1, 0.15) is 11.6 Å². The van der Waals surface area contributed by atoms with E-state index >= 15 is 0 Å². The van der Waals surface area contributed by atoms with Gasteiger partial charge in [-0.25, -0.2) is 8.78 Å². The molecule has 2 aromatic rings. The summed E-state index contributed by atoms with van der Waals surface area (Å²) in [4.78, 5) is 10.3. The largest absolute Gasteiger partial charge is 0.481 e. The molecule has 4 nitrogen and oxygen atoms in total. The Hall–Kier alpha value is -1.71. The van der Waals surface area contributed by atoms with E-state index in [1.165, 1.54) is 18.9 Å². The molecule has 1 fully saturated rings. The molecule has 0 spiro atoms. The molecule has 15 heteroatoms. The number of hydrogen-bond donors (Lipinski definition) is 2. The predicted octanol–water partition coefficient (Wildman–Crippen LogP) is 7.57. The van der Waals surface area contributed by atoms with Crippen molar-refractivity contribution in [2.75, 3.05) is 19.8 Å². The van der Waals surface area contributed by atoms with Gasteiger partial charge in [-0.3, -0.25) is 4.79 Å². The Kier molecular flexibility index (Phi) is 16.4. The second-order valence-corrected chi connectivity index (χ2v) is 9.52. The van der Waals surface area contributed by atoms with Crippen LogP contribution in [0.1, 0.15) is 47.9 Å². The van der Waals surface area contributed by atoms with Crippen molar-refractivity contribution < 1.29 is 54.9 Å². The Balaban J connectivity index is 0.000000614. The molecule has 1 heterocycles. The molecule has 39 heavy (non-hydrogen) atoms. The first-order valence-electron chi connectivity index (χ1n) is 11.1. The van der Waals surface area contributed by atoms with Crippen molar-refractivity contribution in [1.82, 2.24) is 0 Å². The van der Waals surface area contributed by atoms with E-state index in [9.17, 15) is 39.9 Å². The van der Waals surface area contributed by atoms with Crippen LogP contribution in [0.2, 0.25) is 0 Å². The number of ether oxygens (including phenoxy) is 1. The molecule has 0 unspecified atom stereocenters. The molecule has 1 saturated heterocycles. The maximum Gasteiger partial charge on any atom is 0.419 e. The van der Waals surface area contributed by atoms with Gasteiger partial charge >= 0.3 is 18.3 Å². The number of aliphatic hydroxyl groups excluding tert-OH is 1. The van der Waals surface area contributed by atoms with Crippen LogP contribution in [0.3, 0.4) is 0 Å². The number of carboxylic acids is 1. The van der Waals surface area contributed by atoms with Crippen molar-refractivity contribution >= 4 is 46.2 Å². The average molecular weight is 699 g/mol. The Morgan fingerprint density at radius 1 is 0.821 bits per heavy atom. The number of aliphatic carboxylic acids is 1. The van der Waals surface area contributed by atoms with Crippen molar-refractivity contribution in [3.8, 4) is 0 Å². The fourth-order valence-corrected chi connectivity index (χ4v) is 4.10. The third kappa shape index (κ3) is 12.6. The molecule has 0 amide bonds. The van der Waals surface area contributed by atoms with Crippen molar-refractivity contribution in [2.24, 2.45) is 0 Å². The summed E-state index contributed by atoms with van der Waals surface area (Å²) in [7, 11) is 0. The molecule has 1 aliphatic rings. The first-order chi connectivity index (χ1) is 17.6. The molecule has 217 valence electrons. The lowest BCUT2D eigenvalue weighted by Crippen LogP contribution is -2.11. The fraction of sp³-hybridized carbons (Fsp3) is 0.458. The van der Waals surface area contributed by atoms with Gasteiger partial charge in [0.15, 0.2) is 0 Å².